The van der Waals surface area contributed by atoms with Crippen LogP contribution in [-0.4, -0.2) is 22.0 Å². The Morgan fingerprint density at radius 3 is 2.86 bits per heavy atom. The lowest BCUT2D eigenvalue weighted by molar-refractivity contribution is -0.131. The number of thiazole rings is 1. The maximum absolute atomic E-state index is 13.8. The number of carbonyl (C=O) groups excluding carboxylic acids is 1. The van der Waals surface area contributed by atoms with Gasteiger partial charge in [0.05, 0.1) is 23.3 Å². The van der Waals surface area contributed by atoms with Gasteiger partial charge in [0.2, 0.25) is 0 Å². The number of benzene rings is 1. The number of carboxylic acid groups (broad SMARTS) is 1. The van der Waals surface area contributed by atoms with Crippen LogP contribution in [0.1, 0.15) is 21.6 Å². The van der Waals surface area contributed by atoms with E-state index < -0.39 is 17.7 Å². The van der Waals surface area contributed by atoms with E-state index in [1.165, 1.54) is 29.5 Å². The van der Waals surface area contributed by atoms with Gasteiger partial charge in [-0.05, 0) is 23.8 Å². The molecule has 1 aromatic heterocycles. The molecule has 0 saturated heterocycles. The third-order valence-corrected chi connectivity index (χ3v) is 3.20. The predicted octanol–water partition coefficient (Wildman–Crippen LogP) is 2.31. The van der Waals surface area contributed by atoms with Crippen molar-refractivity contribution in [2.75, 3.05) is 0 Å². The Morgan fingerprint density at radius 1 is 1.43 bits per heavy atom. The highest BCUT2D eigenvalue weighted by Gasteiger charge is 2.11. The highest BCUT2D eigenvalue weighted by atomic mass is 32.1. The predicted molar refractivity (Wildman–Crippen MR) is 76.4 cm³/mol. The molecule has 1 heterocycles. The van der Waals surface area contributed by atoms with Gasteiger partial charge in [-0.1, -0.05) is 6.07 Å². The topological polar surface area (TPSA) is 79.3 Å². The van der Waals surface area contributed by atoms with E-state index in [0.29, 0.717) is 11.3 Å². The quantitative estimate of drug-likeness (QED) is 0.831. The van der Waals surface area contributed by atoms with Crippen LogP contribution >= 0.6 is 11.3 Å². The van der Waals surface area contributed by atoms with E-state index in [1.807, 2.05) is 0 Å². The molecule has 0 aliphatic rings. The third-order valence-electron chi connectivity index (χ3n) is 2.57. The zero-order chi connectivity index (χ0) is 15.2. The first-order chi connectivity index (χ1) is 10.1. The molecule has 0 unspecified atom stereocenters. The van der Waals surface area contributed by atoms with Crippen molar-refractivity contribution >= 4 is 29.3 Å². The van der Waals surface area contributed by atoms with E-state index in [2.05, 4.69) is 10.3 Å². The second-order valence-corrected chi connectivity index (χ2v) is 4.79. The Morgan fingerprint density at radius 2 is 2.24 bits per heavy atom. The van der Waals surface area contributed by atoms with Crippen LogP contribution in [0.25, 0.3) is 6.08 Å². The fraction of sp³-hybridized carbons (Fsp3) is 0.0714. The molecule has 2 aromatic rings. The Bertz CT molecular complexity index is 684. The number of aliphatic carboxylic acids is 1. The summed E-state index contributed by atoms with van der Waals surface area (Å²) in [5.74, 6) is -2.38. The van der Waals surface area contributed by atoms with E-state index in [1.54, 1.807) is 10.9 Å². The molecule has 2 rings (SSSR count). The number of hydrogen-bond acceptors (Lipinski definition) is 4. The van der Waals surface area contributed by atoms with Crippen molar-refractivity contribution in [2.24, 2.45) is 0 Å². The van der Waals surface area contributed by atoms with Crippen LogP contribution in [-0.2, 0) is 11.3 Å². The molecule has 0 aliphatic carbocycles. The molecular formula is C14H11FN2O3S. The molecule has 0 atom stereocenters. The van der Waals surface area contributed by atoms with E-state index in [4.69, 9.17) is 5.11 Å². The van der Waals surface area contributed by atoms with Gasteiger partial charge < -0.3 is 10.4 Å². The first-order valence-corrected chi connectivity index (χ1v) is 6.86. The summed E-state index contributed by atoms with van der Waals surface area (Å²) in [6, 6.07) is 3.89. The lowest BCUT2D eigenvalue weighted by Gasteiger charge is -2.05. The number of carbonyl (C=O) groups is 2. The summed E-state index contributed by atoms with van der Waals surface area (Å²) in [7, 11) is 0. The zero-order valence-corrected chi connectivity index (χ0v) is 11.6. The maximum atomic E-state index is 13.8. The number of halogens is 1. The van der Waals surface area contributed by atoms with E-state index in [0.717, 1.165) is 12.1 Å². The van der Waals surface area contributed by atoms with Gasteiger partial charge in [0.25, 0.3) is 5.91 Å². The maximum Gasteiger partial charge on any atom is 0.328 e. The molecule has 108 valence electrons. The molecule has 5 nitrogen and oxygen atoms in total. The van der Waals surface area contributed by atoms with Crippen LogP contribution in [0.15, 0.2) is 35.2 Å². The van der Waals surface area contributed by atoms with Crippen LogP contribution in [0.2, 0.25) is 0 Å². The minimum atomic E-state index is -1.12. The summed E-state index contributed by atoms with van der Waals surface area (Å²) in [6.45, 7) is 0.225. The molecule has 0 fully saturated rings. The number of aromatic nitrogens is 1. The van der Waals surface area contributed by atoms with Crippen molar-refractivity contribution in [2.45, 2.75) is 6.54 Å². The fourth-order valence-corrected chi connectivity index (χ4v) is 2.14. The SMILES string of the molecule is O=C(O)C=Cc1ccc(C(=O)NCc2cscn2)c(F)c1. The Kier molecular flexibility index (Phi) is 4.78. The van der Waals surface area contributed by atoms with Crippen molar-refractivity contribution in [1.29, 1.82) is 0 Å². The van der Waals surface area contributed by atoms with Gasteiger partial charge in [-0.3, -0.25) is 4.79 Å². The lowest BCUT2D eigenvalue weighted by atomic mass is 10.1. The average Bonchev–Trinajstić information content (AvgIpc) is 2.96. The molecular weight excluding hydrogens is 295 g/mol. The van der Waals surface area contributed by atoms with Crippen LogP contribution in [0.4, 0.5) is 4.39 Å². The Hall–Kier alpha value is -2.54. The van der Waals surface area contributed by atoms with Gasteiger partial charge in [0, 0.05) is 11.5 Å². The number of amides is 1. The molecule has 2 N–H and O–H groups in total. The van der Waals surface area contributed by atoms with Crippen molar-refractivity contribution in [3.8, 4) is 0 Å². The smallest absolute Gasteiger partial charge is 0.328 e. The van der Waals surface area contributed by atoms with Crippen LogP contribution in [0.5, 0.6) is 0 Å². The second-order valence-electron chi connectivity index (χ2n) is 4.07. The monoisotopic (exact) mass is 306 g/mol. The summed E-state index contributed by atoms with van der Waals surface area (Å²) in [5.41, 5.74) is 2.62. The van der Waals surface area contributed by atoms with E-state index in [9.17, 15) is 14.0 Å². The average molecular weight is 306 g/mol. The van der Waals surface area contributed by atoms with Crippen LogP contribution in [0.3, 0.4) is 0 Å². The Balaban J connectivity index is 2.05. The first kappa shape index (κ1) is 14.9. The first-order valence-electron chi connectivity index (χ1n) is 5.92. The van der Waals surface area contributed by atoms with Gasteiger partial charge in [-0.2, -0.15) is 0 Å². The van der Waals surface area contributed by atoms with Crippen molar-refractivity contribution in [3.63, 3.8) is 0 Å². The third kappa shape index (κ3) is 4.22. The van der Waals surface area contributed by atoms with E-state index >= 15 is 0 Å². The standard InChI is InChI=1S/C14H11FN2O3S/c15-12-5-9(2-4-13(18)19)1-3-11(12)14(20)16-6-10-7-21-8-17-10/h1-5,7-8H,6H2,(H,16,20)(H,18,19). The largest absolute Gasteiger partial charge is 0.478 e. The number of hydrogen-bond donors (Lipinski definition) is 2. The molecule has 1 aromatic carbocycles. The van der Waals surface area contributed by atoms with Crippen molar-refractivity contribution in [3.05, 3.63) is 57.8 Å². The highest BCUT2D eigenvalue weighted by molar-refractivity contribution is 7.07. The number of rotatable bonds is 5. The summed E-state index contributed by atoms with van der Waals surface area (Å²) in [4.78, 5) is 26.2. The molecule has 0 aliphatic heterocycles. The second kappa shape index (κ2) is 6.76. The summed E-state index contributed by atoms with van der Waals surface area (Å²) < 4.78 is 13.8. The molecule has 7 heteroatoms. The normalized spacial score (nSPS) is 10.7. The van der Waals surface area contributed by atoms with Crippen molar-refractivity contribution in [1.82, 2.24) is 10.3 Å². The zero-order valence-electron chi connectivity index (χ0n) is 10.7. The van der Waals surface area contributed by atoms with Gasteiger partial charge in [-0.15, -0.1) is 11.3 Å². The van der Waals surface area contributed by atoms with Crippen LogP contribution in [0, 0.1) is 5.82 Å². The molecule has 0 spiro atoms. The van der Waals surface area contributed by atoms with Gasteiger partial charge >= 0.3 is 5.97 Å². The molecule has 0 radical (unpaired) electrons. The molecule has 1 amide bonds. The lowest BCUT2D eigenvalue weighted by Crippen LogP contribution is -2.24. The summed E-state index contributed by atoms with van der Waals surface area (Å²) in [5, 5.41) is 12.9. The molecule has 21 heavy (non-hydrogen) atoms. The van der Waals surface area contributed by atoms with Crippen LogP contribution < -0.4 is 5.32 Å². The van der Waals surface area contributed by atoms with Gasteiger partial charge in [-0.25, -0.2) is 14.2 Å². The number of nitrogens with one attached hydrogen (secondary N) is 1. The highest BCUT2D eigenvalue weighted by Crippen LogP contribution is 2.12. The van der Waals surface area contributed by atoms with Gasteiger partial charge in [0.15, 0.2) is 0 Å². The fourth-order valence-electron chi connectivity index (χ4n) is 1.58. The summed E-state index contributed by atoms with van der Waals surface area (Å²) >= 11 is 1.41. The number of carboxylic acids is 1. The summed E-state index contributed by atoms with van der Waals surface area (Å²) in [6.07, 6.45) is 2.15. The Labute approximate surface area is 123 Å². The van der Waals surface area contributed by atoms with Gasteiger partial charge in [0.1, 0.15) is 5.82 Å². The van der Waals surface area contributed by atoms with E-state index in [-0.39, 0.29) is 12.1 Å². The number of nitrogens with zero attached hydrogens (tertiary/aromatic N) is 1. The molecule has 0 bridgehead atoms. The minimum Gasteiger partial charge on any atom is -0.478 e. The minimum absolute atomic E-state index is 0.0993. The van der Waals surface area contributed by atoms with Crippen molar-refractivity contribution < 1.29 is 19.1 Å². The molecule has 0 saturated carbocycles.